The van der Waals surface area contributed by atoms with E-state index >= 15 is 0 Å². The summed E-state index contributed by atoms with van der Waals surface area (Å²) in [5.74, 6) is 2.24. The van der Waals surface area contributed by atoms with Gasteiger partial charge in [-0.05, 0) is 37.0 Å². The van der Waals surface area contributed by atoms with Gasteiger partial charge in [0.05, 0.1) is 6.10 Å². The Hall–Kier alpha value is -0.0400. The number of aliphatic hydroxyl groups is 1. The number of hydrogen-bond donors (Lipinski definition) is 1. The van der Waals surface area contributed by atoms with Gasteiger partial charge < -0.3 is 5.11 Å². The lowest BCUT2D eigenvalue weighted by Gasteiger charge is -2.27. The second-order valence-electron chi connectivity index (χ2n) is 5.53. The zero-order valence-corrected chi connectivity index (χ0v) is 10.00. The highest BCUT2D eigenvalue weighted by molar-refractivity contribution is 4.72. The molecule has 3 atom stereocenters. The van der Waals surface area contributed by atoms with Crippen LogP contribution in [0, 0.1) is 17.8 Å². The summed E-state index contributed by atoms with van der Waals surface area (Å²) >= 11 is 0. The standard InChI is InChI=1S/C13H26O/c1-10(2)13(14)8-7-12-6-4-5-11(3)9-12/h10-14H,4-9H2,1-3H3. The van der Waals surface area contributed by atoms with Crippen molar-refractivity contribution in [1.29, 1.82) is 0 Å². The Kier molecular flexibility index (Phi) is 4.94. The Bertz CT molecular complexity index is 153. The molecule has 0 bridgehead atoms. The minimum Gasteiger partial charge on any atom is -0.393 e. The summed E-state index contributed by atoms with van der Waals surface area (Å²) < 4.78 is 0. The molecule has 0 aromatic rings. The minimum atomic E-state index is -0.0766. The molecule has 3 unspecified atom stereocenters. The maximum atomic E-state index is 9.72. The lowest BCUT2D eigenvalue weighted by atomic mass is 9.79. The molecule has 1 heteroatoms. The van der Waals surface area contributed by atoms with Crippen LogP contribution in [0.5, 0.6) is 0 Å². The third kappa shape index (κ3) is 4.00. The summed E-state index contributed by atoms with van der Waals surface area (Å²) in [5, 5.41) is 9.72. The van der Waals surface area contributed by atoms with Crippen LogP contribution < -0.4 is 0 Å². The van der Waals surface area contributed by atoms with Crippen LogP contribution in [0.25, 0.3) is 0 Å². The predicted molar refractivity (Wildman–Crippen MR) is 61.2 cm³/mol. The minimum absolute atomic E-state index is 0.0766. The van der Waals surface area contributed by atoms with Crippen LogP contribution in [0.1, 0.15) is 59.3 Å². The smallest absolute Gasteiger partial charge is 0.0563 e. The van der Waals surface area contributed by atoms with Crippen molar-refractivity contribution >= 4 is 0 Å². The second-order valence-corrected chi connectivity index (χ2v) is 5.53. The molecule has 1 nitrogen and oxygen atoms in total. The normalized spacial score (nSPS) is 30.6. The first-order valence-electron chi connectivity index (χ1n) is 6.27. The van der Waals surface area contributed by atoms with Crippen LogP contribution in [-0.4, -0.2) is 11.2 Å². The van der Waals surface area contributed by atoms with Crippen molar-refractivity contribution in [2.24, 2.45) is 17.8 Å². The van der Waals surface area contributed by atoms with Crippen molar-refractivity contribution in [2.75, 3.05) is 0 Å². The van der Waals surface area contributed by atoms with Crippen LogP contribution in [0.3, 0.4) is 0 Å². The molecule has 0 saturated heterocycles. The first-order chi connectivity index (χ1) is 6.59. The highest BCUT2D eigenvalue weighted by Crippen LogP contribution is 2.32. The van der Waals surface area contributed by atoms with Crippen molar-refractivity contribution in [1.82, 2.24) is 0 Å². The fourth-order valence-electron chi connectivity index (χ4n) is 2.56. The Labute approximate surface area is 88.9 Å². The molecule has 0 heterocycles. The highest BCUT2D eigenvalue weighted by Gasteiger charge is 2.20. The summed E-state index contributed by atoms with van der Waals surface area (Å²) in [4.78, 5) is 0. The van der Waals surface area contributed by atoms with E-state index in [1.54, 1.807) is 0 Å². The Balaban J connectivity index is 2.17. The molecule has 1 fully saturated rings. The fourth-order valence-corrected chi connectivity index (χ4v) is 2.56. The molecule has 0 amide bonds. The molecule has 0 aromatic heterocycles. The molecule has 1 aliphatic carbocycles. The van der Waals surface area contributed by atoms with Crippen molar-refractivity contribution in [2.45, 2.75) is 65.4 Å². The van der Waals surface area contributed by atoms with Gasteiger partial charge in [-0.25, -0.2) is 0 Å². The largest absolute Gasteiger partial charge is 0.393 e. The van der Waals surface area contributed by atoms with Gasteiger partial charge in [0.25, 0.3) is 0 Å². The fraction of sp³-hybridized carbons (Fsp3) is 1.00. The molecule has 1 aliphatic rings. The van der Waals surface area contributed by atoms with Crippen molar-refractivity contribution in [3.8, 4) is 0 Å². The zero-order chi connectivity index (χ0) is 10.6. The highest BCUT2D eigenvalue weighted by atomic mass is 16.3. The van der Waals surface area contributed by atoms with Crippen LogP contribution in [0.4, 0.5) is 0 Å². The maximum absolute atomic E-state index is 9.72. The summed E-state index contributed by atoms with van der Waals surface area (Å²) in [7, 11) is 0. The van der Waals surface area contributed by atoms with E-state index in [1.165, 1.54) is 32.1 Å². The number of hydrogen-bond acceptors (Lipinski definition) is 1. The van der Waals surface area contributed by atoms with Gasteiger partial charge in [0.15, 0.2) is 0 Å². The molecular weight excluding hydrogens is 172 g/mol. The monoisotopic (exact) mass is 198 g/mol. The van der Waals surface area contributed by atoms with Crippen LogP contribution in [0.2, 0.25) is 0 Å². The van der Waals surface area contributed by atoms with Crippen LogP contribution in [-0.2, 0) is 0 Å². The third-order valence-corrected chi connectivity index (χ3v) is 3.69. The summed E-state index contributed by atoms with van der Waals surface area (Å²) in [5.41, 5.74) is 0. The number of aliphatic hydroxyl groups excluding tert-OH is 1. The van der Waals surface area contributed by atoms with Crippen molar-refractivity contribution in [3.63, 3.8) is 0 Å². The first-order valence-corrected chi connectivity index (χ1v) is 6.27. The van der Waals surface area contributed by atoms with Crippen molar-refractivity contribution < 1.29 is 5.11 Å². The molecule has 0 aliphatic heterocycles. The zero-order valence-electron chi connectivity index (χ0n) is 10.00. The average Bonchev–Trinajstić information content (AvgIpc) is 2.14. The molecule has 14 heavy (non-hydrogen) atoms. The third-order valence-electron chi connectivity index (χ3n) is 3.69. The molecular formula is C13H26O. The second kappa shape index (κ2) is 5.75. The maximum Gasteiger partial charge on any atom is 0.0563 e. The Morgan fingerprint density at radius 2 is 2.00 bits per heavy atom. The van der Waals surface area contributed by atoms with E-state index in [-0.39, 0.29) is 6.10 Å². The van der Waals surface area contributed by atoms with E-state index in [0.29, 0.717) is 5.92 Å². The van der Waals surface area contributed by atoms with E-state index in [2.05, 4.69) is 20.8 Å². The van der Waals surface area contributed by atoms with Crippen LogP contribution in [0.15, 0.2) is 0 Å². The summed E-state index contributed by atoms with van der Waals surface area (Å²) in [6, 6.07) is 0. The van der Waals surface area contributed by atoms with Gasteiger partial charge in [-0.3, -0.25) is 0 Å². The van der Waals surface area contributed by atoms with Gasteiger partial charge in [-0.1, -0.05) is 40.0 Å². The lowest BCUT2D eigenvalue weighted by molar-refractivity contribution is 0.102. The van der Waals surface area contributed by atoms with Gasteiger partial charge in [0, 0.05) is 0 Å². The van der Waals surface area contributed by atoms with E-state index < -0.39 is 0 Å². The topological polar surface area (TPSA) is 20.2 Å². The molecule has 1 saturated carbocycles. The van der Waals surface area contributed by atoms with E-state index in [4.69, 9.17) is 0 Å². The van der Waals surface area contributed by atoms with Gasteiger partial charge >= 0.3 is 0 Å². The Morgan fingerprint density at radius 1 is 1.29 bits per heavy atom. The molecule has 1 N–H and O–H groups in total. The van der Waals surface area contributed by atoms with Gasteiger partial charge in [0.2, 0.25) is 0 Å². The van der Waals surface area contributed by atoms with E-state index in [1.807, 2.05) is 0 Å². The van der Waals surface area contributed by atoms with E-state index in [9.17, 15) is 5.11 Å². The quantitative estimate of drug-likeness (QED) is 0.731. The first kappa shape index (κ1) is 12.0. The predicted octanol–water partition coefficient (Wildman–Crippen LogP) is 3.61. The molecule has 84 valence electrons. The molecule has 0 radical (unpaired) electrons. The average molecular weight is 198 g/mol. The molecule has 1 rings (SSSR count). The van der Waals surface area contributed by atoms with Crippen molar-refractivity contribution in [3.05, 3.63) is 0 Å². The molecule has 0 aromatic carbocycles. The summed E-state index contributed by atoms with van der Waals surface area (Å²) in [6.07, 6.45) is 7.79. The SMILES string of the molecule is CC1CCCC(CCC(O)C(C)C)C1. The van der Waals surface area contributed by atoms with Gasteiger partial charge in [0.1, 0.15) is 0 Å². The van der Waals surface area contributed by atoms with Gasteiger partial charge in [-0.2, -0.15) is 0 Å². The summed E-state index contributed by atoms with van der Waals surface area (Å²) in [6.45, 7) is 6.58. The van der Waals surface area contributed by atoms with Gasteiger partial charge in [-0.15, -0.1) is 0 Å². The Morgan fingerprint density at radius 3 is 2.57 bits per heavy atom. The van der Waals surface area contributed by atoms with Crippen LogP contribution >= 0.6 is 0 Å². The number of rotatable bonds is 4. The van der Waals surface area contributed by atoms with E-state index in [0.717, 1.165) is 18.3 Å². The lowest BCUT2D eigenvalue weighted by Crippen LogP contribution is -2.19. The molecule has 0 spiro atoms.